The number of nitrogens with one attached hydrogen (secondary N) is 1. The van der Waals surface area contributed by atoms with Crippen LogP contribution in [0.4, 0.5) is 0 Å². The Labute approximate surface area is 161 Å². The first kappa shape index (κ1) is 18.0. The Balaban J connectivity index is 1.25. The number of thiophene rings is 1. The highest BCUT2D eigenvalue weighted by Gasteiger charge is 2.20. The number of aromatic nitrogens is 1. The van der Waals surface area contributed by atoms with Gasteiger partial charge in [0.05, 0.1) is 5.52 Å². The molecule has 0 saturated carbocycles. The van der Waals surface area contributed by atoms with E-state index in [2.05, 4.69) is 27.0 Å². The van der Waals surface area contributed by atoms with Gasteiger partial charge in [-0.1, -0.05) is 12.1 Å². The number of likely N-dealkylation sites (tertiary alicyclic amines) is 1. The Morgan fingerprint density at radius 1 is 1.22 bits per heavy atom. The van der Waals surface area contributed by atoms with Crippen molar-refractivity contribution in [3.05, 3.63) is 57.2 Å². The number of piperidine rings is 1. The van der Waals surface area contributed by atoms with Crippen LogP contribution in [0.15, 0.2) is 50.3 Å². The zero-order chi connectivity index (χ0) is 18.6. The molecule has 1 aliphatic rings. The van der Waals surface area contributed by atoms with Crippen molar-refractivity contribution in [1.82, 2.24) is 14.8 Å². The molecule has 3 heterocycles. The molecule has 4 rings (SSSR count). The number of carbonyl (C=O) groups is 1. The molecule has 6 nitrogen and oxygen atoms in total. The number of para-hydroxylation sites is 2. The second kappa shape index (κ2) is 8.10. The summed E-state index contributed by atoms with van der Waals surface area (Å²) in [6.45, 7) is 3.78. The van der Waals surface area contributed by atoms with Gasteiger partial charge in [0.15, 0.2) is 5.58 Å². The maximum Gasteiger partial charge on any atom is 0.420 e. The van der Waals surface area contributed by atoms with Crippen molar-refractivity contribution in [2.75, 3.05) is 19.6 Å². The predicted octanol–water partition coefficient (Wildman–Crippen LogP) is 2.68. The first-order chi connectivity index (χ1) is 13.2. The highest BCUT2D eigenvalue weighted by Crippen LogP contribution is 2.19. The molecule has 1 N–H and O–H groups in total. The third-order valence-corrected chi connectivity index (χ3v) is 5.89. The Morgan fingerprint density at radius 2 is 2.04 bits per heavy atom. The molecule has 3 aromatic rings. The standard InChI is InChI=1S/C20H23N3O3S/c24-19(13-23-17-3-1-2-4-18(17)26-20(23)25)21-11-15-5-8-22(9-6-15)12-16-7-10-27-14-16/h1-4,7,10,14-15H,5-6,8-9,11-13H2,(H,21,24). The molecule has 0 aliphatic carbocycles. The van der Waals surface area contributed by atoms with E-state index in [4.69, 9.17) is 4.42 Å². The number of rotatable bonds is 6. The van der Waals surface area contributed by atoms with Gasteiger partial charge in [0.25, 0.3) is 0 Å². The van der Waals surface area contributed by atoms with Gasteiger partial charge in [0.2, 0.25) is 5.91 Å². The summed E-state index contributed by atoms with van der Waals surface area (Å²) in [6, 6.07) is 9.33. The highest BCUT2D eigenvalue weighted by molar-refractivity contribution is 7.07. The molecule has 0 spiro atoms. The second-order valence-corrected chi connectivity index (χ2v) is 7.86. The summed E-state index contributed by atoms with van der Waals surface area (Å²) in [5.41, 5.74) is 2.54. The van der Waals surface area contributed by atoms with Crippen molar-refractivity contribution in [3.63, 3.8) is 0 Å². The van der Waals surface area contributed by atoms with Crippen molar-refractivity contribution in [1.29, 1.82) is 0 Å². The normalized spacial score (nSPS) is 16.0. The van der Waals surface area contributed by atoms with Crippen molar-refractivity contribution in [2.24, 2.45) is 5.92 Å². The van der Waals surface area contributed by atoms with Crippen LogP contribution in [0, 0.1) is 5.92 Å². The fourth-order valence-corrected chi connectivity index (χ4v) is 4.27. The molecule has 2 aromatic heterocycles. The molecule has 1 aliphatic heterocycles. The van der Waals surface area contributed by atoms with Crippen LogP contribution >= 0.6 is 11.3 Å². The Hall–Kier alpha value is -2.38. The average Bonchev–Trinajstić information content (AvgIpc) is 3.29. The van der Waals surface area contributed by atoms with E-state index < -0.39 is 5.76 Å². The van der Waals surface area contributed by atoms with Gasteiger partial charge in [-0.2, -0.15) is 11.3 Å². The van der Waals surface area contributed by atoms with Crippen molar-refractivity contribution in [3.8, 4) is 0 Å². The number of hydrogen-bond acceptors (Lipinski definition) is 5. The van der Waals surface area contributed by atoms with Gasteiger partial charge in [-0.25, -0.2) is 4.79 Å². The molecule has 27 heavy (non-hydrogen) atoms. The third-order valence-electron chi connectivity index (χ3n) is 5.16. The number of carbonyl (C=O) groups excluding carboxylic acids is 1. The molecule has 1 amide bonds. The predicted molar refractivity (Wildman–Crippen MR) is 106 cm³/mol. The Kier molecular flexibility index (Phi) is 5.40. The summed E-state index contributed by atoms with van der Waals surface area (Å²) in [4.78, 5) is 26.7. The number of hydrogen-bond donors (Lipinski definition) is 1. The van der Waals surface area contributed by atoms with Crippen LogP contribution in [0.1, 0.15) is 18.4 Å². The number of benzene rings is 1. The first-order valence-corrected chi connectivity index (χ1v) is 10.2. The van der Waals surface area contributed by atoms with Crippen molar-refractivity contribution < 1.29 is 9.21 Å². The van der Waals surface area contributed by atoms with E-state index in [1.165, 1.54) is 10.1 Å². The van der Waals surface area contributed by atoms with E-state index >= 15 is 0 Å². The largest absolute Gasteiger partial charge is 0.420 e. The lowest BCUT2D eigenvalue weighted by molar-refractivity contribution is -0.121. The van der Waals surface area contributed by atoms with Crippen LogP contribution in [0.3, 0.4) is 0 Å². The van der Waals surface area contributed by atoms with E-state index in [0.717, 1.165) is 32.5 Å². The fourth-order valence-electron chi connectivity index (χ4n) is 3.61. The minimum atomic E-state index is -0.493. The lowest BCUT2D eigenvalue weighted by Gasteiger charge is -2.31. The van der Waals surface area contributed by atoms with Gasteiger partial charge in [-0.3, -0.25) is 14.3 Å². The van der Waals surface area contributed by atoms with E-state index in [1.807, 2.05) is 6.07 Å². The summed E-state index contributed by atoms with van der Waals surface area (Å²) < 4.78 is 6.55. The fraction of sp³-hybridized carbons (Fsp3) is 0.400. The van der Waals surface area contributed by atoms with Crippen LogP contribution in [-0.4, -0.2) is 35.0 Å². The summed E-state index contributed by atoms with van der Waals surface area (Å²) >= 11 is 1.74. The Morgan fingerprint density at radius 3 is 2.81 bits per heavy atom. The van der Waals surface area contributed by atoms with Crippen LogP contribution in [0.25, 0.3) is 11.1 Å². The van der Waals surface area contributed by atoms with Gasteiger partial charge in [0.1, 0.15) is 6.54 Å². The van der Waals surface area contributed by atoms with Gasteiger partial charge < -0.3 is 9.73 Å². The van der Waals surface area contributed by atoms with Crippen molar-refractivity contribution in [2.45, 2.75) is 25.9 Å². The van der Waals surface area contributed by atoms with Gasteiger partial charge >= 0.3 is 5.76 Å². The molecule has 7 heteroatoms. The second-order valence-electron chi connectivity index (χ2n) is 7.08. The quantitative estimate of drug-likeness (QED) is 0.708. The zero-order valence-electron chi connectivity index (χ0n) is 15.1. The molecular formula is C20H23N3O3S. The number of amides is 1. The topological polar surface area (TPSA) is 67.5 Å². The molecule has 0 unspecified atom stereocenters. The molecule has 1 aromatic carbocycles. The molecule has 1 saturated heterocycles. The molecule has 0 radical (unpaired) electrons. The summed E-state index contributed by atoms with van der Waals surface area (Å²) in [6.07, 6.45) is 2.16. The van der Waals surface area contributed by atoms with Crippen LogP contribution in [-0.2, 0) is 17.9 Å². The summed E-state index contributed by atoms with van der Waals surface area (Å²) in [5, 5.41) is 7.31. The smallest absolute Gasteiger partial charge is 0.408 e. The Bertz CT molecular complexity index is 952. The van der Waals surface area contributed by atoms with Gasteiger partial charge in [-0.05, 0) is 66.4 Å². The highest BCUT2D eigenvalue weighted by atomic mass is 32.1. The SMILES string of the molecule is O=C(Cn1c(=O)oc2ccccc21)NCC1CCN(Cc2ccsc2)CC1. The van der Waals surface area contributed by atoms with Crippen LogP contribution in [0.5, 0.6) is 0 Å². The average molecular weight is 385 g/mol. The lowest BCUT2D eigenvalue weighted by atomic mass is 9.96. The van der Waals surface area contributed by atoms with Crippen LogP contribution in [0.2, 0.25) is 0 Å². The van der Waals surface area contributed by atoms with Crippen LogP contribution < -0.4 is 11.1 Å². The maximum absolute atomic E-state index is 12.3. The van der Waals surface area contributed by atoms with Gasteiger partial charge in [-0.15, -0.1) is 0 Å². The molecule has 0 bridgehead atoms. The summed E-state index contributed by atoms with van der Waals surface area (Å²) in [7, 11) is 0. The monoisotopic (exact) mass is 385 g/mol. The molecule has 142 valence electrons. The molecule has 1 fully saturated rings. The minimum Gasteiger partial charge on any atom is -0.408 e. The number of nitrogens with zero attached hydrogens (tertiary/aromatic N) is 2. The molecule has 0 atom stereocenters. The minimum absolute atomic E-state index is 0.00710. The third kappa shape index (κ3) is 4.31. The summed E-state index contributed by atoms with van der Waals surface area (Å²) in [5.74, 6) is -0.150. The number of oxazole rings is 1. The van der Waals surface area contributed by atoms with E-state index in [-0.39, 0.29) is 12.5 Å². The van der Waals surface area contributed by atoms with Gasteiger partial charge in [0, 0.05) is 13.1 Å². The molecular weight excluding hydrogens is 362 g/mol. The van der Waals surface area contributed by atoms with Crippen molar-refractivity contribution >= 4 is 28.3 Å². The maximum atomic E-state index is 12.3. The van der Waals surface area contributed by atoms with E-state index in [1.54, 1.807) is 29.5 Å². The first-order valence-electron chi connectivity index (χ1n) is 9.27. The number of fused-ring (bicyclic) bond motifs is 1. The zero-order valence-corrected chi connectivity index (χ0v) is 15.9. The van der Waals surface area contributed by atoms with E-state index in [9.17, 15) is 9.59 Å². The van der Waals surface area contributed by atoms with E-state index in [0.29, 0.717) is 23.6 Å². The lowest BCUT2D eigenvalue weighted by Crippen LogP contribution is -2.39.